The quantitative estimate of drug-likeness (QED) is 0.712. The molecule has 3 aromatic rings. The molecular formula is C16H14ClF2N5O. The Hall–Kier alpha value is -2.74. The van der Waals surface area contributed by atoms with Crippen molar-refractivity contribution < 1.29 is 13.5 Å². The van der Waals surface area contributed by atoms with Gasteiger partial charge >= 0.3 is 0 Å². The van der Waals surface area contributed by atoms with E-state index in [0.717, 1.165) is 12.1 Å². The maximum absolute atomic E-state index is 13.6. The molecule has 0 radical (unpaired) electrons. The fourth-order valence-corrected chi connectivity index (χ4v) is 2.39. The minimum atomic E-state index is -0.991. The van der Waals surface area contributed by atoms with E-state index in [0.29, 0.717) is 22.8 Å². The Morgan fingerprint density at radius 3 is 2.52 bits per heavy atom. The molecule has 0 bridgehead atoms. The standard InChI is InChI=1S/C16H14ClF2N5O/c1-7-8(2)23-24(10-4-5-11(18)12(19)6-10)16(7)25-15-13(20)14(17)21-9(3)22-15/h4-6H,20H2,1-3H3. The third-order valence-electron chi connectivity index (χ3n) is 3.62. The first-order valence-electron chi connectivity index (χ1n) is 7.27. The van der Waals surface area contributed by atoms with E-state index < -0.39 is 11.6 Å². The molecule has 0 aliphatic rings. The first-order chi connectivity index (χ1) is 11.8. The van der Waals surface area contributed by atoms with Crippen LogP contribution in [0.15, 0.2) is 18.2 Å². The number of hydrogen-bond acceptors (Lipinski definition) is 5. The molecule has 0 aliphatic carbocycles. The fraction of sp³-hybridized carbons (Fsp3) is 0.188. The largest absolute Gasteiger partial charge is 0.418 e. The molecule has 0 amide bonds. The van der Waals surface area contributed by atoms with Gasteiger partial charge in [-0.25, -0.2) is 18.4 Å². The van der Waals surface area contributed by atoms with E-state index in [4.69, 9.17) is 22.1 Å². The highest BCUT2D eigenvalue weighted by Crippen LogP contribution is 2.34. The van der Waals surface area contributed by atoms with E-state index in [1.54, 1.807) is 20.8 Å². The van der Waals surface area contributed by atoms with Crippen molar-refractivity contribution in [2.45, 2.75) is 20.8 Å². The van der Waals surface area contributed by atoms with E-state index in [2.05, 4.69) is 15.1 Å². The number of rotatable bonds is 3. The van der Waals surface area contributed by atoms with Crippen molar-refractivity contribution in [2.75, 3.05) is 5.73 Å². The van der Waals surface area contributed by atoms with Gasteiger partial charge in [0.1, 0.15) is 11.5 Å². The van der Waals surface area contributed by atoms with Crippen molar-refractivity contribution in [1.29, 1.82) is 0 Å². The van der Waals surface area contributed by atoms with Gasteiger partial charge in [0.05, 0.1) is 11.4 Å². The molecule has 0 fully saturated rings. The Labute approximate surface area is 147 Å². The minimum Gasteiger partial charge on any atom is -0.418 e. The average molecular weight is 366 g/mol. The maximum Gasteiger partial charge on any atom is 0.249 e. The van der Waals surface area contributed by atoms with Crippen LogP contribution < -0.4 is 10.5 Å². The lowest BCUT2D eigenvalue weighted by atomic mass is 10.3. The summed E-state index contributed by atoms with van der Waals surface area (Å²) in [5.74, 6) is -1.24. The number of aryl methyl sites for hydroxylation is 2. The number of nitrogens with two attached hydrogens (primary N) is 1. The number of ether oxygens (including phenoxy) is 1. The van der Waals surface area contributed by atoms with Crippen LogP contribution in [0.25, 0.3) is 5.69 Å². The molecule has 2 N–H and O–H groups in total. The van der Waals surface area contributed by atoms with Gasteiger partial charge in [-0.1, -0.05) is 11.6 Å². The van der Waals surface area contributed by atoms with Crippen LogP contribution in [0, 0.1) is 32.4 Å². The molecule has 6 nitrogen and oxygen atoms in total. The summed E-state index contributed by atoms with van der Waals surface area (Å²) in [7, 11) is 0. The van der Waals surface area contributed by atoms with Gasteiger partial charge in [-0.2, -0.15) is 10.1 Å². The van der Waals surface area contributed by atoms with Crippen LogP contribution in [0.4, 0.5) is 14.5 Å². The van der Waals surface area contributed by atoms with Crippen LogP contribution in [0.2, 0.25) is 5.15 Å². The second-order valence-corrected chi connectivity index (χ2v) is 5.77. The molecule has 0 spiro atoms. The molecule has 0 unspecified atom stereocenters. The summed E-state index contributed by atoms with van der Waals surface area (Å²) in [6, 6.07) is 3.43. The number of anilines is 1. The number of hydrogen-bond donors (Lipinski definition) is 1. The van der Waals surface area contributed by atoms with Crippen molar-refractivity contribution in [2.24, 2.45) is 0 Å². The van der Waals surface area contributed by atoms with Gasteiger partial charge < -0.3 is 10.5 Å². The Bertz CT molecular complexity index is 974. The molecule has 0 saturated carbocycles. The van der Waals surface area contributed by atoms with Crippen LogP contribution in [-0.4, -0.2) is 19.7 Å². The van der Waals surface area contributed by atoms with Crippen molar-refractivity contribution >= 4 is 17.3 Å². The normalized spacial score (nSPS) is 11.0. The van der Waals surface area contributed by atoms with Crippen molar-refractivity contribution in [3.8, 4) is 17.4 Å². The van der Waals surface area contributed by atoms with Gasteiger partial charge in [0.15, 0.2) is 16.8 Å². The molecule has 0 atom stereocenters. The zero-order valence-electron chi connectivity index (χ0n) is 13.6. The topological polar surface area (TPSA) is 78.9 Å². The van der Waals surface area contributed by atoms with Gasteiger partial charge in [-0.15, -0.1) is 0 Å². The Balaban J connectivity index is 2.13. The van der Waals surface area contributed by atoms with Crippen LogP contribution in [0.1, 0.15) is 17.1 Å². The molecule has 2 aromatic heterocycles. The average Bonchev–Trinajstić information content (AvgIpc) is 2.83. The minimum absolute atomic E-state index is 0.0596. The number of aromatic nitrogens is 4. The molecule has 130 valence electrons. The van der Waals surface area contributed by atoms with Crippen LogP contribution in [0.5, 0.6) is 11.8 Å². The second-order valence-electron chi connectivity index (χ2n) is 5.41. The van der Waals surface area contributed by atoms with Gasteiger partial charge in [-0.3, -0.25) is 0 Å². The first kappa shape index (κ1) is 17.1. The smallest absolute Gasteiger partial charge is 0.249 e. The lowest BCUT2D eigenvalue weighted by Gasteiger charge is -2.12. The summed E-state index contributed by atoms with van der Waals surface area (Å²) in [6.45, 7) is 5.18. The van der Waals surface area contributed by atoms with Crippen molar-refractivity contribution in [1.82, 2.24) is 19.7 Å². The highest BCUT2D eigenvalue weighted by Gasteiger charge is 2.19. The summed E-state index contributed by atoms with van der Waals surface area (Å²) in [6.07, 6.45) is 0. The van der Waals surface area contributed by atoms with Crippen LogP contribution in [-0.2, 0) is 0 Å². The van der Waals surface area contributed by atoms with Crippen LogP contribution >= 0.6 is 11.6 Å². The highest BCUT2D eigenvalue weighted by molar-refractivity contribution is 6.32. The monoisotopic (exact) mass is 365 g/mol. The molecule has 3 rings (SSSR count). The molecule has 25 heavy (non-hydrogen) atoms. The van der Waals surface area contributed by atoms with Gasteiger partial charge in [0.2, 0.25) is 11.8 Å². The SMILES string of the molecule is Cc1nc(Cl)c(N)c(Oc2c(C)c(C)nn2-c2ccc(F)c(F)c2)n1. The van der Waals surface area contributed by atoms with E-state index >= 15 is 0 Å². The van der Waals surface area contributed by atoms with E-state index in [-0.39, 0.29) is 22.6 Å². The van der Waals surface area contributed by atoms with Gasteiger partial charge in [0, 0.05) is 11.6 Å². The lowest BCUT2D eigenvalue weighted by Crippen LogP contribution is -2.05. The molecule has 9 heteroatoms. The van der Waals surface area contributed by atoms with E-state index in [9.17, 15) is 8.78 Å². The predicted molar refractivity (Wildman–Crippen MR) is 89.2 cm³/mol. The highest BCUT2D eigenvalue weighted by atomic mass is 35.5. The third kappa shape index (κ3) is 3.12. The van der Waals surface area contributed by atoms with Crippen molar-refractivity contribution in [3.05, 3.63) is 52.1 Å². The molecule has 0 saturated heterocycles. The summed E-state index contributed by atoms with van der Waals surface area (Å²) < 4.78 is 33.9. The molecule has 2 heterocycles. The number of benzene rings is 1. The molecule has 0 aliphatic heterocycles. The fourth-order valence-electron chi connectivity index (χ4n) is 2.19. The lowest BCUT2D eigenvalue weighted by molar-refractivity contribution is 0.424. The van der Waals surface area contributed by atoms with Crippen LogP contribution in [0.3, 0.4) is 0 Å². The van der Waals surface area contributed by atoms with Crippen molar-refractivity contribution in [3.63, 3.8) is 0 Å². The Kier molecular flexibility index (Phi) is 4.30. The number of nitrogen functional groups attached to an aromatic ring is 1. The zero-order valence-corrected chi connectivity index (χ0v) is 14.4. The predicted octanol–water partition coefficient (Wildman–Crippen LogP) is 3.89. The second kappa shape index (κ2) is 6.29. The Morgan fingerprint density at radius 1 is 1.12 bits per heavy atom. The number of halogens is 3. The summed E-state index contributed by atoms with van der Waals surface area (Å²) >= 11 is 5.96. The summed E-state index contributed by atoms with van der Waals surface area (Å²) in [4.78, 5) is 8.07. The molecular weight excluding hydrogens is 352 g/mol. The van der Waals surface area contributed by atoms with E-state index in [1.165, 1.54) is 10.7 Å². The summed E-state index contributed by atoms with van der Waals surface area (Å²) in [5.41, 5.74) is 7.57. The zero-order chi connectivity index (χ0) is 18.3. The first-order valence-corrected chi connectivity index (χ1v) is 7.65. The third-order valence-corrected chi connectivity index (χ3v) is 3.91. The van der Waals surface area contributed by atoms with Gasteiger partial charge in [-0.05, 0) is 32.9 Å². The molecule has 1 aromatic carbocycles. The van der Waals surface area contributed by atoms with E-state index in [1.807, 2.05) is 0 Å². The Morgan fingerprint density at radius 2 is 1.84 bits per heavy atom. The maximum atomic E-state index is 13.6. The number of nitrogens with zero attached hydrogens (tertiary/aromatic N) is 4. The summed E-state index contributed by atoms with van der Waals surface area (Å²) in [5, 5.41) is 4.37. The van der Waals surface area contributed by atoms with Gasteiger partial charge in [0.25, 0.3) is 0 Å².